The number of nitrogens with zero attached hydrogens (tertiary/aromatic N) is 1. The van der Waals surface area contributed by atoms with Gasteiger partial charge in [0.05, 0.1) is 12.1 Å². The summed E-state index contributed by atoms with van der Waals surface area (Å²) in [5.74, 6) is -3.24. The van der Waals surface area contributed by atoms with Crippen LogP contribution >= 0.6 is 0 Å². The Bertz CT molecular complexity index is 617. The van der Waals surface area contributed by atoms with Crippen molar-refractivity contribution in [2.45, 2.75) is 6.42 Å². The zero-order chi connectivity index (χ0) is 13.8. The predicted octanol–water partition coefficient (Wildman–Crippen LogP) is 2.68. The van der Waals surface area contributed by atoms with Crippen LogP contribution in [-0.2, 0) is 11.2 Å². The van der Waals surface area contributed by atoms with Crippen LogP contribution in [0.2, 0.25) is 0 Å². The number of rotatable bonds is 3. The molecule has 0 unspecified atom stereocenters. The van der Waals surface area contributed by atoms with Gasteiger partial charge in [0.2, 0.25) is 17.8 Å². The number of carbonyl (C=O) groups is 1. The summed E-state index contributed by atoms with van der Waals surface area (Å²) in [6, 6.07) is 7.74. The van der Waals surface area contributed by atoms with Crippen LogP contribution in [0, 0.1) is 17.7 Å². The first kappa shape index (κ1) is 13.1. The lowest BCUT2D eigenvalue weighted by Gasteiger charge is -2.06. The van der Waals surface area contributed by atoms with E-state index >= 15 is 0 Å². The maximum Gasteiger partial charge on any atom is 0.239 e. The maximum absolute atomic E-state index is 13.3. The van der Waals surface area contributed by atoms with E-state index in [1.54, 1.807) is 6.07 Å². The molecule has 0 spiro atoms. The topological polar surface area (TPSA) is 42.0 Å². The molecule has 2 rings (SSSR count). The maximum atomic E-state index is 13.3. The van der Waals surface area contributed by atoms with Gasteiger partial charge in [0, 0.05) is 0 Å². The molecule has 98 valence electrons. The zero-order valence-electron chi connectivity index (χ0n) is 9.66. The van der Waals surface area contributed by atoms with Crippen molar-refractivity contribution in [2.24, 2.45) is 0 Å². The highest BCUT2D eigenvalue weighted by Crippen LogP contribution is 2.13. The first-order valence-corrected chi connectivity index (χ1v) is 5.41. The van der Waals surface area contributed by atoms with E-state index in [0.717, 1.165) is 12.1 Å². The molecular formula is C13H9F3N2O. The van der Waals surface area contributed by atoms with E-state index in [9.17, 15) is 18.0 Å². The molecule has 2 aromatic rings. The number of aromatic nitrogens is 1. The van der Waals surface area contributed by atoms with Crippen LogP contribution in [0.1, 0.15) is 5.56 Å². The summed E-state index contributed by atoms with van der Waals surface area (Å²) in [5.41, 5.74) is -0.0572. The minimum absolute atomic E-state index is 0.190. The zero-order valence-corrected chi connectivity index (χ0v) is 9.66. The van der Waals surface area contributed by atoms with Gasteiger partial charge in [-0.1, -0.05) is 18.2 Å². The van der Waals surface area contributed by atoms with Gasteiger partial charge in [-0.3, -0.25) is 4.79 Å². The fourth-order valence-corrected chi connectivity index (χ4v) is 1.51. The Hall–Kier alpha value is -2.37. The molecule has 0 bridgehead atoms. The van der Waals surface area contributed by atoms with Crippen molar-refractivity contribution in [3.05, 3.63) is 59.7 Å². The van der Waals surface area contributed by atoms with E-state index in [-0.39, 0.29) is 17.7 Å². The average molecular weight is 266 g/mol. The van der Waals surface area contributed by atoms with E-state index in [0.29, 0.717) is 0 Å². The van der Waals surface area contributed by atoms with E-state index in [2.05, 4.69) is 10.3 Å². The van der Waals surface area contributed by atoms with Crippen molar-refractivity contribution in [3.63, 3.8) is 0 Å². The van der Waals surface area contributed by atoms with Gasteiger partial charge < -0.3 is 5.32 Å². The summed E-state index contributed by atoms with van der Waals surface area (Å²) < 4.78 is 39.1. The number of pyridine rings is 1. The number of benzene rings is 1. The quantitative estimate of drug-likeness (QED) is 0.868. The van der Waals surface area contributed by atoms with Gasteiger partial charge in [0.25, 0.3) is 0 Å². The molecule has 0 saturated heterocycles. The molecule has 0 fully saturated rings. The first-order chi connectivity index (χ1) is 9.06. The van der Waals surface area contributed by atoms with Crippen LogP contribution in [0.3, 0.4) is 0 Å². The standard InChI is InChI=1S/C13H9F3N2O/c14-9-4-2-1-3-8(9)7-12(19)17-10-5-6-11(15)18-13(10)16/h1-6H,7H2,(H,17,19). The minimum Gasteiger partial charge on any atom is -0.322 e. The Labute approximate surface area is 107 Å². The summed E-state index contributed by atoms with van der Waals surface area (Å²) in [5, 5.41) is 2.20. The van der Waals surface area contributed by atoms with E-state index < -0.39 is 23.6 Å². The highest BCUT2D eigenvalue weighted by atomic mass is 19.1. The Morgan fingerprint density at radius 3 is 2.53 bits per heavy atom. The molecule has 0 saturated carbocycles. The second kappa shape index (κ2) is 5.51. The van der Waals surface area contributed by atoms with Crippen molar-refractivity contribution in [1.82, 2.24) is 4.98 Å². The number of halogens is 3. The molecule has 1 amide bonds. The van der Waals surface area contributed by atoms with Crippen LogP contribution in [0.4, 0.5) is 18.9 Å². The van der Waals surface area contributed by atoms with Gasteiger partial charge in [-0.05, 0) is 23.8 Å². The van der Waals surface area contributed by atoms with Gasteiger partial charge in [0.15, 0.2) is 0 Å². The van der Waals surface area contributed by atoms with Crippen molar-refractivity contribution < 1.29 is 18.0 Å². The smallest absolute Gasteiger partial charge is 0.239 e. The van der Waals surface area contributed by atoms with Gasteiger partial charge in [-0.2, -0.15) is 13.8 Å². The highest BCUT2D eigenvalue weighted by Gasteiger charge is 2.11. The van der Waals surface area contributed by atoms with Gasteiger partial charge >= 0.3 is 0 Å². The Balaban J connectivity index is 2.08. The molecule has 1 aromatic heterocycles. The number of hydrogen-bond donors (Lipinski definition) is 1. The van der Waals surface area contributed by atoms with Crippen molar-refractivity contribution >= 4 is 11.6 Å². The Kier molecular flexibility index (Phi) is 3.79. The fourth-order valence-electron chi connectivity index (χ4n) is 1.51. The van der Waals surface area contributed by atoms with Crippen LogP contribution in [-0.4, -0.2) is 10.9 Å². The summed E-state index contributed by atoms with van der Waals surface area (Å²) in [7, 11) is 0. The molecular weight excluding hydrogens is 257 g/mol. The molecule has 0 aliphatic carbocycles. The molecule has 3 nitrogen and oxygen atoms in total. The highest BCUT2D eigenvalue weighted by molar-refractivity contribution is 5.92. The lowest BCUT2D eigenvalue weighted by molar-refractivity contribution is -0.115. The number of carbonyl (C=O) groups excluding carboxylic acids is 1. The largest absolute Gasteiger partial charge is 0.322 e. The molecule has 1 aromatic carbocycles. The SMILES string of the molecule is O=C(Cc1ccccc1F)Nc1ccc(F)nc1F. The third kappa shape index (κ3) is 3.31. The number of amides is 1. The fraction of sp³-hybridized carbons (Fsp3) is 0.0769. The molecule has 6 heteroatoms. The molecule has 0 aliphatic rings. The number of hydrogen-bond acceptors (Lipinski definition) is 2. The second-order valence-corrected chi connectivity index (χ2v) is 3.79. The summed E-state index contributed by atoms with van der Waals surface area (Å²) in [6.07, 6.45) is -0.247. The third-order valence-electron chi connectivity index (χ3n) is 2.40. The average Bonchev–Trinajstić information content (AvgIpc) is 2.36. The number of nitrogens with one attached hydrogen (secondary N) is 1. The Morgan fingerprint density at radius 2 is 1.84 bits per heavy atom. The molecule has 1 N–H and O–H groups in total. The van der Waals surface area contributed by atoms with Crippen LogP contribution < -0.4 is 5.32 Å². The van der Waals surface area contributed by atoms with Gasteiger partial charge in [0.1, 0.15) is 5.82 Å². The molecule has 0 atom stereocenters. The molecule has 0 radical (unpaired) electrons. The lowest BCUT2D eigenvalue weighted by Crippen LogP contribution is -2.16. The first-order valence-electron chi connectivity index (χ1n) is 5.41. The third-order valence-corrected chi connectivity index (χ3v) is 2.40. The molecule has 19 heavy (non-hydrogen) atoms. The monoisotopic (exact) mass is 266 g/mol. The lowest BCUT2D eigenvalue weighted by atomic mass is 10.1. The summed E-state index contributed by atoms with van der Waals surface area (Å²) >= 11 is 0. The van der Waals surface area contributed by atoms with Gasteiger partial charge in [-0.25, -0.2) is 4.39 Å². The van der Waals surface area contributed by atoms with Crippen molar-refractivity contribution in [1.29, 1.82) is 0 Å². The molecule has 1 heterocycles. The van der Waals surface area contributed by atoms with Crippen molar-refractivity contribution in [2.75, 3.05) is 5.32 Å². The number of anilines is 1. The predicted molar refractivity (Wildman–Crippen MR) is 62.9 cm³/mol. The Morgan fingerprint density at radius 1 is 1.11 bits per heavy atom. The van der Waals surface area contributed by atoms with Crippen LogP contribution in [0.15, 0.2) is 36.4 Å². The second-order valence-electron chi connectivity index (χ2n) is 3.79. The van der Waals surface area contributed by atoms with Crippen LogP contribution in [0.5, 0.6) is 0 Å². The normalized spacial score (nSPS) is 10.3. The van der Waals surface area contributed by atoms with E-state index in [4.69, 9.17) is 0 Å². The summed E-state index contributed by atoms with van der Waals surface area (Å²) in [6.45, 7) is 0. The van der Waals surface area contributed by atoms with E-state index in [1.807, 2.05) is 0 Å². The van der Waals surface area contributed by atoms with Crippen molar-refractivity contribution in [3.8, 4) is 0 Å². The van der Waals surface area contributed by atoms with E-state index in [1.165, 1.54) is 18.2 Å². The summed E-state index contributed by atoms with van der Waals surface area (Å²) in [4.78, 5) is 14.5. The molecule has 0 aliphatic heterocycles. The van der Waals surface area contributed by atoms with Gasteiger partial charge in [-0.15, -0.1) is 0 Å². The minimum atomic E-state index is -1.12. The van der Waals surface area contributed by atoms with Crippen LogP contribution in [0.25, 0.3) is 0 Å².